The van der Waals surface area contributed by atoms with Crippen LogP contribution in [0.3, 0.4) is 0 Å². The number of amides is 3. The van der Waals surface area contributed by atoms with Crippen LogP contribution >= 0.6 is 0 Å². The van der Waals surface area contributed by atoms with Crippen LogP contribution in [-0.2, 0) is 14.3 Å². The first-order valence-electron chi connectivity index (χ1n) is 20.1. The Labute approximate surface area is 339 Å². The molecule has 2 aliphatic heterocycles. The molecule has 8 rings (SSSR count). The molecule has 1 aliphatic carbocycles. The van der Waals surface area contributed by atoms with Crippen LogP contribution in [0.5, 0.6) is 0 Å². The van der Waals surface area contributed by atoms with Gasteiger partial charge in [0.05, 0.1) is 36.8 Å². The summed E-state index contributed by atoms with van der Waals surface area (Å²) in [5.41, 5.74) is 5.25. The maximum atomic E-state index is 13.8. The number of H-pyrrole nitrogens is 2. The van der Waals surface area contributed by atoms with Crippen molar-refractivity contribution in [3.8, 4) is 46.0 Å². The third-order valence-electron chi connectivity index (χ3n) is 11.7. The first-order valence-corrected chi connectivity index (χ1v) is 20.1. The number of fused-ring (bicyclic) bond motifs is 2. The molecule has 12 heteroatoms. The van der Waals surface area contributed by atoms with Crippen LogP contribution < -0.4 is 5.32 Å². The standard InChI is InChI=1S/C46H51N7O5/c1-8-9-27-18-38(52(25-27)45(56)58-46(4,5)6)41-47-24-36(50-41)33-17-16-31-19-30(14-15-32(31)20-33)28-10-12-29(13-11-28)35-23-48-42(49-35)39-22-34-21-37(34)53(39)43(54)40(26(2)3)51-44(55)57-7/h1,10-17,19-20,23-24,26-27,34,37-40H,9,18,21-22,25H2,2-7H3,(H,47,50)(H,48,49)(H,51,55)/t27-,34?,37-,38+,39+,40+/m1/s1. The molecular weight excluding hydrogens is 731 g/mol. The quantitative estimate of drug-likeness (QED) is 0.127. The van der Waals surface area contributed by atoms with Crippen LogP contribution in [0.1, 0.15) is 84.0 Å². The summed E-state index contributed by atoms with van der Waals surface area (Å²) in [6.07, 6.45) is 11.6. The summed E-state index contributed by atoms with van der Waals surface area (Å²) in [6.45, 7) is 9.99. The molecule has 4 heterocycles. The highest BCUT2D eigenvalue weighted by molar-refractivity contribution is 5.91. The van der Waals surface area contributed by atoms with E-state index < -0.39 is 17.7 Å². The Bertz CT molecular complexity index is 2390. The zero-order valence-electron chi connectivity index (χ0n) is 33.9. The minimum absolute atomic E-state index is 0.0940. The van der Waals surface area contributed by atoms with Crippen molar-refractivity contribution in [2.45, 2.75) is 90.1 Å². The fourth-order valence-corrected chi connectivity index (χ4v) is 8.63. The summed E-state index contributed by atoms with van der Waals surface area (Å²) in [6, 6.07) is 20.3. The Kier molecular flexibility index (Phi) is 10.3. The Morgan fingerprint density at radius 1 is 0.931 bits per heavy atom. The molecule has 6 atom stereocenters. The average molecular weight is 782 g/mol. The van der Waals surface area contributed by atoms with Crippen molar-refractivity contribution in [2.75, 3.05) is 13.7 Å². The summed E-state index contributed by atoms with van der Waals surface area (Å²) in [5.74, 6) is 4.68. The van der Waals surface area contributed by atoms with Crippen LogP contribution in [0, 0.1) is 30.1 Å². The second kappa shape index (κ2) is 15.3. The lowest BCUT2D eigenvalue weighted by Gasteiger charge is -2.31. The minimum Gasteiger partial charge on any atom is -0.453 e. The van der Waals surface area contributed by atoms with Crippen molar-refractivity contribution in [1.82, 2.24) is 35.1 Å². The molecule has 2 aromatic heterocycles. The highest BCUT2D eigenvalue weighted by Gasteiger charge is 2.56. The van der Waals surface area contributed by atoms with Gasteiger partial charge in [-0.15, -0.1) is 12.3 Å². The predicted octanol–water partition coefficient (Wildman–Crippen LogP) is 8.65. The van der Waals surface area contributed by atoms with Gasteiger partial charge in [-0.1, -0.05) is 62.4 Å². The molecule has 1 saturated carbocycles. The summed E-state index contributed by atoms with van der Waals surface area (Å²) >= 11 is 0. The molecule has 2 saturated heterocycles. The summed E-state index contributed by atoms with van der Waals surface area (Å²) in [5, 5.41) is 4.95. The Hall–Kier alpha value is -6.09. The molecule has 3 N–H and O–H groups in total. The first kappa shape index (κ1) is 38.8. The van der Waals surface area contributed by atoms with Crippen molar-refractivity contribution in [1.29, 1.82) is 0 Å². The van der Waals surface area contributed by atoms with E-state index in [0.29, 0.717) is 18.9 Å². The van der Waals surface area contributed by atoms with E-state index in [1.807, 2.05) is 51.9 Å². The number of ether oxygens (including phenoxy) is 2. The molecule has 1 unspecified atom stereocenters. The van der Waals surface area contributed by atoms with Gasteiger partial charge in [-0.05, 0) is 91.8 Å². The van der Waals surface area contributed by atoms with E-state index in [1.54, 1.807) is 4.90 Å². The van der Waals surface area contributed by atoms with Gasteiger partial charge in [0.2, 0.25) is 5.91 Å². The number of carbonyl (C=O) groups excluding carboxylic acids is 3. The van der Waals surface area contributed by atoms with Crippen molar-refractivity contribution in [3.63, 3.8) is 0 Å². The zero-order valence-corrected chi connectivity index (χ0v) is 33.9. The number of methoxy groups -OCH3 is 1. The molecule has 3 aromatic carbocycles. The van der Waals surface area contributed by atoms with Crippen LogP contribution in [0.15, 0.2) is 73.1 Å². The number of likely N-dealkylation sites (tertiary alicyclic amines) is 2. The lowest BCUT2D eigenvalue weighted by molar-refractivity contribution is -0.136. The monoisotopic (exact) mass is 781 g/mol. The highest BCUT2D eigenvalue weighted by atomic mass is 16.6. The smallest absolute Gasteiger partial charge is 0.410 e. The molecule has 58 heavy (non-hydrogen) atoms. The molecule has 5 aromatic rings. The number of piperidine rings is 1. The number of imidazole rings is 2. The second-order valence-corrected chi connectivity index (χ2v) is 17.3. The number of aromatic amines is 2. The topological polar surface area (TPSA) is 146 Å². The van der Waals surface area contributed by atoms with E-state index in [0.717, 1.165) is 75.3 Å². The van der Waals surface area contributed by atoms with Crippen molar-refractivity contribution < 1.29 is 23.9 Å². The molecule has 0 radical (unpaired) electrons. The Morgan fingerprint density at radius 2 is 1.62 bits per heavy atom. The number of hydrogen-bond donors (Lipinski definition) is 3. The lowest BCUT2D eigenvalue weighted by atomic mass is 9.98. The molecule has 0 bridgehead atoms. The van der Waals surface area contributed by atoms with Crippen LogP contribution in [-0.4, -0.2) is 79.2 Å². The van der Waals surface area contributed by atoms with Gasteiger partial charge >= 0.3 is 12.2 Å². The Morgan fingerprint density at radius 3 is 2.31 bits per heavy atom. The number of hydrogen-bond acceptors (Lipinski definition) is 7. The summed E-state index contributed by atoms with van der Waals surface area (Å²) in [7, 11) is 1.30. The van der Waals surface area contributed by atoms with E-state index >= 15 is 0 Å². The van der Waals surface area contributed by atoms with Crippen LogP contribution in [0.2, 0.25) is 0 Å². The van der Waals surface area contributed by atoms with Gasteiger partial charge in [0.25, 0.3) is 0 Å². The lowest BCUT2D eigenvalue weighted by Crippen LogP contribution is -2.52. The molecule has 3 fully saturated rings. The maximum absolute atomic E-state index is 13.8. The van der Waals surface area contributed by atoms with E-state index in [9.17, 15) is 14.4 Å². The van der Waals surface area contributed by atoms with Gasteiger partial charge in [0.15, 0.2) is 0 Å². The normalized spacial score (nSPS) is 21.8. The van der Waals surface area contributed by atoms with E-state index in [4.69, 9.17) is 25.9 Å². The van der Waals surface area contributed by atoms with Gasteiger partial charge in [-0.3, -0.25) is 9.69 Å². The number of alkyl carbamates (subject to hydrolysis) is 1. The molecule has 3 aliphatic rings. The van der Waals surface area contributed by atoms with Crippen molar-refractivity contribution in [3.05, 3.63) is 84.7 Å². The number of rotatable bonds is 9. The fraction of sp³-hybridized carbons (Fsp3) is 0.413. The van der Waals surface area contributed by atoms with E-state index in [2.05, 4.69) is 81.9 Å². The number of aromatic nitrogens is 4. The van der Waals surface area contributed by atoms with E-state index in [1.165, 1.54) is 7.11 Å². The van der Waals surface area contributed by atoms with Gasteiger partial charge in [0.1, 0.15) is 23.3 Å². The number of nitrogens with one attached hydrogen (secondary N) is 3. The molecule has 3 amide bonds. The van der Waals surface area contributed by atoms with Crippen LogP contribution in [0.25, 0.3) is 44.4 Å². The Balaban J connectivity index is 0.957. The third kappa shape index (κ3) is 7.78. The summed E-state index contributed by atoms with van der Waals surface area (Å²) < 4.78 is 10.5. The van der Waals surface area contributed by atoms with Crippen molar-refractivity contribution >= 4 is 28.9 Å². The minimum atomic E-state index is -0.673. The number of benzene rings is 3. The molecular formula is C46H51N7O5. The first-order chi connectivity index (χ1) is 27.8. The van der Waals surface area contributed by atoms with Gasteiger partial charge in [-0.25, -0.2) is 19.6 Å². The predicted molar refractivity (Wildman–Crippen MR) is 222 cm³/mol. The number of nitrogens with zero attached hydrogens (tertiary/aromatic N) is 4. The van der Waals surface area contributed by atoms with Gasteiger partial charge in [-0.2, -0.15) is 0 Å². The number of carbonyl (C=O) groups is 3. The summed E-state index contributed by atoms with van der Waals surface area (Å²) in [4.78, 5) is 59.2. The molecule has 12 nitrogen and oxygen atoms in total. The average Bonchev–Trinajstić information content (AvgIpc) is 3.71. The highest BCUT2D eigenvalue weighted by Crippen LogP contribution is 2.53. The van der Waals surface area contributed by atoms with E-state index in [-0.39, 0.29) is 42.0 Å². The number of terminal acetylenes is 1. The largest absolute Gasteiger partial charge is 0.453 e. The third-order valence-corrected chi connectivity index (χ3v) is 11.7. The molecule has 0 spiro atoms. The second-order valence-electron chi connectivity index (χ2n) is 17.3. The molecule has 300 valence electrons. The zero-order chi connectivity index (χ0) is 40.9. The van der Waals surface area contributed by atoms with Crippen molar-refractivity contribution in [2.24, 2.45) is 17.8 Å². The van der Waals surface area contributed by atoms with Crippen LogP contribution in [0.4, 0.5) is 9.59 Å². The van der Waals surface area contributed by atoms with Gasteiger partial charge in [0, 0.05) is 36.3 Å². The fourth-order valence-electron chi connectivity index (χ4n) is 8.63. The SMILES string of the molecule is C#CC[C@@H]1C[C@@H](c2ncc(-c3ccc4cc(-c5ccc(-c6c[nH]c([C@@H]7CC8C[C@H]8N7C(=O)[C@@H](NC(=O)OC)C(C)C)n6)cc5)ccc4c3)[nH]2)N(C(=O)OC(C)(C)C)C1. The van der Waals surface area contributed by atoms with Gasteiger partial charge < -0.3 is 29.7 Å². The maximum Gasteiger partial charge on any atom is 0.410 e.